The molecule has 154 valence electrons. The fourth-order valence-corrected chi connectivity index (χ4v) is 4.25. The summed E-state index contributed by atoms with van der Waals surface area (Å²) in [5.74, 6) is -0.0134. The first-order valence-electron chi connectivity index (χ1n) is 9.66. The van der Waals surface area contributed by atoms with Crippen molar-refractivity contribution in [3.05, 3.63) is 51.3 Å². The maximum absolute atomic E-state index is 12.7. The third-order valence-electron chi connectivity index (χ3n) is 5.22. The van der Waals surface area contributed by atoms with Crippen LogP contribution in [0, 0.1) is 0 Å². The number of rotatable bonds is 4. The molecule has 2 amide bonds. The van der Waals surface area contributed by atoms with Gasteiger partial charge in [-0.25, -0.2) is 0 Å². The molecule has 4 rings (SSSR count). The number of nitrogens with zero attached hydrogens (tertiary/aromatic N) is 4. The number of fused-ring (bicyclic) bond motifs is 1. The number of carbonyl (C=O) groups is 2. The Morgan fingerprint density at radius 1 is 0.966 bits per heavy atom. The second-order valence-electron chi connectivity index (χ2n) is 7.24. The second-order valence-corrected chi connectivity index (χ2v) is 8.11. The minimum absolute atomic E-state index is 0.0644. The van der Waals surface area contributed by atoms with Crippen molar-refractivity contribution in [1.82, 2.24) is 19.6 Å². The summed E-state index contributed by atoms with van der Waals surface area (Å²) < 4.78 is 7.12. The molecule has 29 heavy (non-hydrogen) atoms. The SMILES string of the molecule is O=C(CCc1cc(Cl)cc(Cl)c1)N1CCn2nc(C(=O)N3CCOCC3)cc2C1. The van der Waals surface area contributed by atoms with Gasteiger partial charge in [0.1, 0.15) is 0 Å². The quantitative estimate of drug-likeness (QED) is 0.738. The van der Waals surface area contributed by atoms with E-state index < -0.39 is 0 Å². The molecular weight excluding hydrogens is 415 g/mol. The van der Waals surface area contributed by atoms with E-state index in [1.54, 1.807) is 17.0 Å². The summed E-state index contributed by atoms with van der Waals surface area (Å²) in [6.45, 7) is 3.89. The van der Waals surface area contributed by atoms with Gasteiger partial charge in [0.15, 0.2) is 5.69 Å². The monoisotopic (exact) mass is 436 g/mol. The number of ether oxygens (including phenoxy) is 1. The number of morpholine rings is 1. The molecule has 9 heteroatoms. The van der Waals surface area contributed by atoms with Gasteiger partial charge in [-0.3, -0.25) is 14.3 Å². The lowest BCUT2D eigenvalue weighted by molar-refractivity contribution is -0.132. The Labute approximate surface area is 179 Å². The summed E-state index contributed by atoms with van der Waals surface area (Å²) in [5, 5.41) is 5.59. The largest absolute Gasteiger partial charge is 0.378 e. The summed E-state index contributed by atoms with van der Waals surface area (Å²) in [7, 11) is 0. The van der Waals surface area contributed by atoms with Crippen molar-refractivity contribution in [3.8, 4) is 0 Å². The van der Waals surface area contributed by atoms with Crippen molar-refractivity contribution in [3.63, 3.8) is 0 Å². The summed E-state index contributed by atoms with van der Waals surface area (Å²) in [6.07, 6.45) is 0.958. The molecule has 2 aromatic rings. The molecule has 2 aliphatic rings. The Morgan fingerprint density at radius 3 is 2.41 bits per heavy atom. The summed E-state index contributed by atoms with van der Waals surface area (Å²) in [4.78, 5) is 28.9. The number of hydrogen-bond donors (Lipinski definition) is 0. The van der Waals surface area contributed by atoms with Crippen molar-refractivity contribution in [2.75, 3.05) is 32.8 Å². The van der Waals surface area contributed by atoms with E-state index in [1.165, 1.54) is 0 Å². The fourth-order valence-electron chi connectivity index (χ4n) is 3.68. The topological polar surface area (TPSA) is 67.7 Å². The van der Waals surface area contributed by atoms with Gasteiger partial charge in [0.25, 0.3) is 5.91 Å². The van der Waals surface area contributed by atoms with E-state index in [0.717, 1.165) is 11.3 Å². The molecule has 7 nitrogen and oxygen atoms in total. The van der Waals surface area contributed by atoms with Gasteiger partial charge >= 0.3 is 0 Å². The average molecular weight is 437 g/mol. The number of aromatic nitrogens is 2. The van der Waals surface area contributed by atoms with Gasteiger partial charge in [0.05, 0.1) is 32.0 Å². The number of amides is 2. The summed E-state index contributed by atoms with van der Waals surface area (Å²) >= 11 is 12.1. The van der Waals surface area contributed by atoms with Crippen molar-refractivity contribution < 1.29 is 14.3 Å². The second kappa shape index (κ2) is 8.73. The Kier molecular flexibility index (Phi) is 6.08. The molecule has 0 saturated carbocycles. The third kappa shape index (κ3) is 4.74. The molecule has 3 heterocycles. The number of carbonyl (C=O) groups excluding carboxylic acids is 2. The number of aryl methyl sites for hydroxylation is 1. The van der Waals surface area contributed by atoms with E-state index in [0.29, 0.717) is 74.5 Å². The lowest BCUT2D eigenvalue weighted by atomic mass is 10.1. The van der Waals surface area contributed by atoms with Crippen LogP contribution in [0.2, 0.25) is 10.0 Å². The van der Waals surface area contributed by atoms with Crippen LogP contribution < -0.4 is 0 Å². The Hall–Kier alpha value is -2.09. The van der Waals surface area contributed by atoms with E-state index >= 15 is 0 Å². The minimum atomic E-state index is -0.0779. The molecule has 0 radical (unpaired) electrons. The van der Waals surface area contributed by atoms with E-state index in [9.17, 15) is 9.59 Å². The molecule has 0 N–H and O–H groups in total. The maximum atomic E-state index is 12.7. The molecule has 2 aliphatic heterocycles. The van der Waals surface area contributed by atoms with Crippen LogP contribution in [0.3, 0.4) is 0 Å². The Bertz CT molecular complexity index is 904. The molecule has 0 bridgehead atoms. The van der Waals surface area contributed by atoms with Gasteiger partial charge in [0.2, 0.25) is 5.91 Å². The minimum Gasteiger partial charge on any atom is -0.378 e. The van der Waals surface area contributed by atoms with Gasteiger partial charge in [-0.15, -0.1) is 0 Å². The molecule has 1 saturated heterocycles. The van der Waals surface area contributed by atoms with Crippen LogP contribution in [0.15, 0.2) is 24.3 Å². The number of benzene rings is 1. The highest BCUT2D eigenvalue weighted by molar-refractivity contribution is 6.34. The molecule has 0 unspecified atom stereocenters. The van der Waals surface area contributed by atoms with Gasteiger partial charge in [-0.2, -0.15) is 5.10 Å². The highest BCUT2D eigenvalue weighted by atomic mass is 35.5. The average Bonchev–Trinajstić information content (AvgIpc) is 3.14. The first-order valence-corrected chi connectivity index (χ1v) is 10.4. The summed E-state index contributed by atoms with van der Waals surface area (Å²) in [6, 6.07) is 7.13. The van der Waals surface area contributed by atoms with Crippen molar-refractivity contribution >= 4 is 35.0 Å². The van der Waals surface area contributed by atoms with E-state index in [2.05, 4.69) is 5.10 Å². The molecule has 1 aromatic carbocycles. The Morgan fingerprint density at radius 2 is 1.69 bits per heavy atom. The van der Waals surface area contributed by atoms with Gasteiger partial charge < -0.3 is 14.5 Å². The van der Waals surface area contributed by atoms with Crippen LogP contribution in [0.25, 0.3) is 0 Å². The maximum Gasteiger partial charge on any atom is 0.274 e. The zero-order valence-corrected chi connectivity index (χ0v) is 17.5. The van der Waals surface area contributed by atoms with E-state index in [-0.39, 0.29) is 11.8 Å². The molecule has 0 aliphatic carbocycles. The van der Waals surface area contributed by atoms with Crippen LogP contribution >= 0.6 is 23.2 Å². The predicted octanol–water partition coefficient (Wildman–Crippen LogP) is 2.64. The smallest absolute Gasteiger partial charge is 0.274 e. The lowest BCUT2D eigenvalue weighted by Gasteiger charge is -2.27. The predicted molar refractivity (Wildman–Crippen MR) is 109 cm³/mol. The van der Waals surface area contributed by atoms with Crippen LogP contribution in [-0.4, -0.2) is 64.2 Å². The van der Waals surface area contributed by atoms with Gasteiger partial charge in [-0.05, 0) is 36.2 Å². The standard InChI is InChI=1S/C20H22Cl2N4O3/c21-15-9-14(10-16(22)11-15)1-2-19(27)25-3-4-26-17(13-25)12-18(23-26)20(28)24-5-7-29-8-6-24/h9-12H,1-8,13H2. The van der Waals surface area contributed by atoms with Crippen LogP contribution in [-0.2, 0) is 29.0 Å². The number of hydrogen-bond acceptors (Lipinski definition) is 4. The zero-order valence-electron chi connectivity index (χ0n) is 15.9. The van der Waals surface area contributed by atoms with Gasteiger partial charge in [0, 0.05) is 36.1 Å². The van der Waals surface area contributed by atoms with Crippen LogP contribution in [0.4, 0.5) is 0 Å². The Balaban J connectivity index is 1.37. The molecule has 0 spiro atoms. The molecule has 0 atom stereocenters. The number of halogens is 2. The van der Waals surface area contributed by atoms with Gasteiger partial charge in [-0.1, -0.05) is 23.2 Å². The molecule has 1 aromatic heterocycles. The normalized spacial score (nSPS) is 16.6. The van der Waals surface area contributed by atoms with Crippen molar-refractivity contribution in [2.24, 2.45) is 0 Å². The van der Waals surface area contributed by atoms with Crippen LogP contribution in [0.5, 0.6) is 0 Å². The van der Waals surface area contributed by atoms with Crippen molar-refractivity contribution in [2.45, 2.75) is 25.9 Å². The lowest BCUT2D eigenvalue weighted by Crippen LogP contribution is -2.41. The molecule has 1 fully saturated rings. The van der Waals surface area contributed by atoms with Crippen LogP contribution in [0.1, 0.15) is 28.2 Å². The molecular formula is C20H22Cl2N4O3. The van der Waals surface area contributed by atoms with E-state index in [1.807, 2.05) is 21.7 Å². The van der Waals surface area contributed by atoms with E-state index in [4.69, 9.17) is 27.9 Å². The third-order valence-corrected chi connectivity index (χ3v) is 5.65. The highest BCUT2D eigenvalue weighted by Crippen LogP contribution is 2.21. The first kappa shape index (κ1) is 20.2. The highest BCUT2D eigenvalue weighted by Gasteiger charge is 2.26. The zero-order chi connectivity index (χ0) is 20.4. The fraction of sp³-hybridized carbons (Fsp3) is 0.450. The first-order chi connectivity index (χ1) is 14.0. The summed E-state index contributed by atoms with van der Waals surface area (Å²) in [5.41, 5.74) is 2.26. The van der Waals surface area contributed by atoms with Crippen molar-refractivity contribution in [1.29, 1.82) is 0 Å².